The molecule has 0 fully saturated rings. The van der Waals surface area contributed by atoms with Gasteiger partial charge in [0, 0.05) is 13.1 Å². The third-order valence-electron chi connectivity index (χ3n) is 3.05. The number of benzene rings is 2. The standard InChI is InChI=1S/C17H19F2N3.HI/c1-2-20-17(21-11-13-3-7-15(18)8-4-13)22-12-14-5-9-16(19)10-6-14;/h3-10H,2,11-12H2,1H3,(H2,20,21,22);1H. The van der Waals surface area contributed by atoms with Gasteiger partial charge in [0.15, 0.2) is 5.96 Å². The number of aliphatic imine (C=N–C) groups is 1. The predicted molar refractivity (Wildman–Crippen MR) is 99.9 cm³/mol. The SMILES string of the molecule is CCNC(=NCc1ccc(F)cc1)NCc1ccc(F)cc1.I. The smallest absolute Gasteiger partial charge is 0.191 e. The van der Waals surface area contributed by atoms with Crippen LogP contribution in [0.15, 0.2) is 53.5 Å². The van der Waals surface area contributed by atoms with Gasteiger partial charge in [-0.05, 0) is 42.3 Å². The minimum absolute atomic E-state index is 0. The Kier molecular flexibility index (Phi) is 8.53. The Balaban J connectivity index is 0.00000264. The number of nitrogens with zero attached hydrogens (tertiary/aromatic N) is 1. The maximum Gasteiger partial charge on any atom is 0.191 e. The summed E-state index contributed by atoms with van der Waals surface area (Å²) < 4.78 is 25.7. The van der Waals surface area contributed by atoms with E-state index in [4.69, 9.17) is 0 Å². The molecule has 6 heteroatoms. The van der Waals surface area contributed by atoms with E-state index in [1.807, 2.05) is 6.92 Å². The molecule has 0 amide bonds. The van der Waals surface area contributed by atoms with Crippen LogP contribution in [0.4, 0.5) is 8.78 Å². The van der Waals surface area contributed by atoms with Crippen LogP contribution < -0.4 is 10.6 Å². The van der Waals surface area contributed by atoms with E-state index >= 15 is 0 Å². The van der Waals surface area contributed by atoms with Crippen molar-refractivity contribution in [3.05, 3.63) is 71.3 Å². The molecule has 2 aromatic carbocycles. The van der Waals surface area contributed by atoms with Gasteiger partial charge in [0.05, 0.1) is 6.54 Å². The van der Waals surface area contributed by atoms with Gasteiger partial charge in [0.25, 0.3) is 0 Å². The second kappa shape index (κ2) is 10.1. The molecule has 0 aliphatic carbocycles. The fourth-order valence-corrected chi connectivity index (χ4v) is 1.89. The molecule has 0 atom stereocenters. The van der Waals surface area contributed by atoms with Crippen LogP contribution in [0, 0.1) is 11.6 Å². The Bertz CT molecular complexity index is 613. The van der Waals surface area contributed by atoms with Crippen molar-refractivity contribution in [2.24, 2.45) is 4.99 Å². The lowest BCUT2D eigenvalue weighted by Gasteiger charge is -2.11. The van der Waals surface area contributed by atoms with Gasteiger partial charge >= 0.3 is 0 Å². The summed E-state index contributed by atoms with van der Waals surface area (Å²) in [7, 11) is 0. The molecule has 23 heavy (non-hydrogen) atoms. The van der Waals surface area contributed by atoms with Crippen molar-refractivity contribution in [3.8, 4) is 0 Å². The Hall–Kier alpha value is -1.70. The molecule has 3 nitrogen and oxygen atoms in total. The third-order valence-corrected chi connectivity index (χ3v) is 3.05. The molecule has 0 unspecified atom stereocenters. The van der Waals surface area contributed by atoms with Gasteiger partial charge in [-0.2, -0.15) is 0 Å². The Morgan fingerprint density at radius 2 is 1.39 bits per heavy atom. The summed E-state index contributed by atoms with van der Waals surface area (Å²) in [6, 6.07) is 12.6. The lowest BCUT2D eigenvalue weighted by Crippen LogP contribution is -2.36. The van der Waals surface area contributed by atoms with Gasteiger partial charge in [-0.15, -0.1) is 24.0 Å². The van der Waals surface area contributed by atoms with Gasteiger partial charge < -0.3 is 10.6 Å². The molecular weight excluding hydrogens is 411 g/mol. The van der Waals surface area contributed by atoms with Crippen LogP contribution in [0.1, 0.15) is 18.1 Å². The van der Waals surface area contributed by atoms with Gasteiger partial charge in [0.1, 0.15) is 11.6 Å². The van der Waals surface area contributed by atoms with Crippen LogP contribution in [-0.2, 0) is 13.1 Å². The molecule has 2 aromatic rings. The third kappa shape index (κ3) is 6.94. The number of guanidine groups is 1. The van der Waals surface area contributed by atoms with Crippen LogP contribution in [0.25, 0.3) is 0 Å². The molecule has 0 aliphatic heterocycles. The monoisotopic (exact) mass is 431 g/mol. The molecule has 124 valence electrons. The topological polar surface area (TPSA) is 36.4 Å². The van der Waals surface area contributed by atoms with Gasteiger partial charge in [-0.25, -0.2) is 13.8 Å². The molecule has 0 saturated heterocycles. The number of nitrogens with one attached hydrogen (secondary N) is 2. The van der Waals surface area contributed by atoms with E-state index in [1.54, 1.807) is 24.3 Å². The summed E-state index contributed by atoms with van der Waals surface area (Å²) in [6.45, 7) is 3.72. The first-order valence-corrected chi connectivity index (χ1v) is 7.18. The molecule has 2 rings (SSSR count). The first kappa shape index (κ1) is 19.3. The minimum atomic E-state index is -0.255. The van der Waals surface area contributed by atoms with Crippen molar-refractivity contribution in [1.82, 2.24) is 10.6 Å². The Labute approximate surface area is 152 Å². The maximum absolute atomic E-state index is 12.9. The fourth-order valence-electron chi connectivity index (χ4n) is 1.89. The van der Waals surface area contributed by atoms with E-state index in [0.717, 1.165) is 17.7 Å². The summed E-state index contributed by atoms with van der Waals surface area (Å²) >= 11 is 0. The lowest BCUT2D eigenvalue weighted by molar-refractivity contribution is 0.626. The predicted octanol–water partition coefficient (Wildman–Crippen LogP) is 3.84. The van der Waals surface area contributed by atoms with Crippen molar-refractivity contribution in [2.45, 2.75) is 20.0 Å². The summed E-state index contributed by atoms with van der Waals surface area (Å²) in [5, 5.41) is 6.32. The van der Waals surface area contributed by atoms with E-state index in [-0.39, 0.29) is 35.6 Å². The van der Waals surface area contributed by atoms with Crippen LogP contribution in [0.3, 0.4) is 0 Å². The number of hydrogen-bond acceptors (Lipinski definition) is 1. The van der Waals surface area contributed by atoms with Crippen molar-refractivity contribution in [2.75, 3.05) is 6.54 Å². The van der Waals surface area contributed by atoms with Gasteiger partial charge in [0.2, 0.25) is 0 Å². The molecule has 0 heterocycles. The number of rotatable bonds is 5. The molecule has 0 spiro atoms. The van der Waals surface area contributed by atoms with Crippen molar-refractivity contribution >= 4 is 29.9 Å². The molecule has 0 bridgehead atoms. The molecule has 0 aliphatic rings. The summed E-state index contributed by atoms with van der Waals surface area (Å²) in [5.41, 5.74) is 1.90. The zero-order chi connectivity index (χ0) is 15.8. The van der Waals surface area contributed by atoms with E-state index in [0.29, 0.717) is 19.0 Å². The van der Waals surface area contributed by atoms with E-state index in [2.05, 4.69) is 15.6 Å². The van der Waals surface area contributed by atoms with E-state index in [9.17, 15) is 8.78 Å². The van der Waals surface area contributed by atoms with Crippen LogP contribution in [0.5, 0.6) is 0 Å². The molecule has 2 N–H and O–H groups in total. The average Bonchev–Trinajstić information content (AvgIpc) is 2.53. The van der Waals surface area contributed by atoms with Gasteiger partial charge in [-0.1, -0.05) is 24.3 Å². The minimum Gasteiger partial charge on any atom is -0.357 e. The number of halogens is 3. The largest absolute Gasteiger partial charge is 0.357 e. The molecule has 0 radical (unpaired) electrons. The second-order valence-electron chi connectivity index (χ2n) is 4.80. The zero-order valence-electron chi connectivity index (χ0n) is 12.9. The number of hydrogen-bond donors (Lipinski definition) is 2. The van der Waals surface area contributed by atoms with E-state index in [1.165, 1.54) is 24.3 Å². The highest BCUT2D eigenvalue weighted by molar-refractivity contribution is 14.0. The van der Waals surface area contributed by atoms with Crippen LogP contribution >= 0.6 is 24.0 Å². The molecule has 0 saturated carbocycles. The maximum atomic E-state index is 12.9. The van der Waals surface area contributed by atoms with Crippen molar-refractivity contribution in [3.63, 3.8) is 0 Å². The van der Waals surface area contributed by atoms with E-state index < -0.39 is 0 Å². The second-order valence-corrected chi connectivity index (χ2v) is 4.80. The van der Waals surface area contributed by atoms with Gasteiger partial charge in [-0.3, -0.25) is 0 Å². The Morgan fingerprint density at radius 3 is 1.91 bits per heavy atom. The average molecular weight is 431 g/mol. The van der Waals surface area contributed by atoms with Crippen molar-refractivity contribution in [1.29, 1.82) is 0 Å². The summed E-state index contributed by atoms with van der Waals surface area (Å²) in [6.07, 6.45) is 0. The zero-order valence-corrected chi connectivity index (χ0v) is 15.2. The van der Waals surface area contributed by atoms with Crippen LogP contribution in [-0.4, -0.2) is 12.5 Å². The molecule has 0 aromatic heterocycles. The highest BCUT2D eigenvalue weighted by Crippen LogP contribution is 2.04. The highest BCUT2D eigenvalue weighted by atomic mass is 127. The first-order valence-electron chi connectivity index (χ1n) is 7.18. The van der Waals surface area contributed by atoms with Crippen LogP contribution in [0.2, 0.25) is 0 Å². The Morgan fingerprint density at radius 1 is 0.870 bits per heavy atom. The highest BCUT2D eigenvalue weighted by Gasteiger charge is 1.99. The lowest BCUT2D eigenvalue weighted by atomic mass is 10.2. The summed E-state index contributed by atoms with van der Waals surface area (Å²) in [5.74, 6) is 0.158. The fraction of sp³-hybridized carbons (Fsp3) is 0.235. The normalized spacial score (nSPS) is 10.8. The quantitative estimate of drug-likeness (QED) is 0.429. The van der Waals surface area contributed by atoms with Crippen molar-refractivity contribution < 1.29 is 8.78 Å². The first-order chi connectivity index (χ1) is 10.7. The molecular formula is C17H20F2IN3. The summed E-state index contributed by atoms with van der Waals surface area (Å²) in [4.78, 5) is 4.44.